The normalized spacial score (nSPS) is 10.2. The zero-order valence-electron chi connectivity index (χ0n) is 9.36. The van der Waals surface area contributed by atoms with Crippen LogP contribution in [0.4, 0.5) is 5.82 Å². The largest absolute Gasteiger partial charge is 0.488 e. The number of nitrogens with two attached hydrogens (primary N) is 1. The Labute approximate surface area is 122 Å². The lowest BCUT2D eigenvalue weighted by atomic mass is 10.2. The molecule has 0 amide bonds. The Morgan fingerprint density at radius 2 is 2.11 bits per heavy atom. The van der Waals surface area contributed by atoms with Crippen molar-refractivity contribution in [2.45, 2.75) is 6.61 Å². The van der Waals surface area contributed by atoms with Gasteiger partial charge in [0.1, 0.15) is 18.2 Å². The van der Waals surface area contributed by atoms with Crippen molar-refractivity contribution in [2.75, 3.05) is 5.43 Å². The van der Waals surface area contributed by atoms with Gasteiger partial charge in [-0.15, -0.1) is 0 Å². The molecule has 3 N–H and O–H groups in total. The number of ether oxygens (including phenoxy) is 1. The predicted octanol–water partition coefficient (Wildman–Crippen LogP) is 3.47. The minimum Gasteiger partial charge on any atom is -0.488 e. The molecule has 0 unspecified atom stereocenters. The number of nitrogens with zero attached hydrogens (tertiary/aromatic N) is 1. The van der Waals surface area contributed by atoms with Gasteiger partial charge in [0.05, 0.1) is 4.47 Å². The van der Waals surface area contributed by atoms with E-state index in [2.05, 4.69) is 42.3 Å². The van der Waals surface area contributed by atoms with E-state index in [1.54, 1.807) is 6.20 Å². The molecule has 0 saturated heterocycles. The molecule has 0 aliphatic rings. The molecule has 0 radical (unpaired) electrons. The van der Waals surface area contributed by atoms with Crippen molar-refractivity contribution in [3.8, 4) is 5.75 Å². The average Bonchev–Trinajstić information content (AvgIpc) is 2.38. The minimum absolute atomic E-state index is 0.396. The number of benzene rings is 1. The minimum atomic E-state index is 0.396. The summed E-state index contributed by atoms with van der Waals surface area (Å²) >= 11 is 6.84. The molecule has 4 nitrogen and oxygen atoms in total. The Kier molecular flexibility index (Phi) is 4.57. The maximum Gasteiger partial charge on any atom is 0.146 e. The molecule has 2 aromatic rings. The molecule has 1 aromatic carbocycles. The van der Waals surface area contributed by atoms with Gasteiger partial charge in [-0.05, 0) is 40.2 Å². The molecule has 0 spiro atoms. The van der Waals surface area contributed by atoms with Gasteiger partial charge >= 0.3 is 0 Å². The van der Waals surface area contributed by atoms with Crippen LogP contribution < -0.4 is 16.0 Å². The van der Waals surface area contributed by atoms with Gasteiger partial charge in [-0.3, -0.25) is 0 Å². The molecular weight excluding hydrogens is 362 g/mol. The molecule has 0 fully saturated rings. The lowest BCUT2D eigenvalue weighted by molar-refractivity contribution is 0.304. The number of hydrazine groups is 1. The Morgan fingerprint density at radius 3 is 2.83 bits per heavy atom. The first-order chi connectivity index (χ1) is 8.70. The maximum atomic E-state index is 5.72. The molecule has 94 valence electrons. The number of nitrogen functional groups attached to an aromatic ring is 1. The summed E-state index contributed by atoms with van der Waals surface area (Å²) in [6, 6.07) is 9.50. The zero-order valence-corrected chi connectivity index (χ0v) is 12.5. The predicted molar refractivity (Wildman–Crippen MR) is 78.2 cm³/mol. The standard InChI is InChI=1S/C12H11Br2N3O/c13-9-3-4-11(10(14)6-9)18-7-8-2-1-5-16-12(8)17-15/h1-6H,7,15H2,(H,16,17). The third-order valence-electron chi connectivity index (χ3n) is 2.31. The Morgan fingerprint density at radius 1 is 1.28 bits per heavy atom. The molecule has 6 heteroatoms. The third kappa shape index (κ3) is 3.22. The van der Waals surface area contributed by atoms with E-state index in [1.807, 2.05) is 30.3 Å². The van der Waals surface area contributed by atoms with Crippen molar-refractivity contribution < 1.29 is 4.74 Å². The monoisotopic (exact) mass is 371 g/mol. The fraction of sp³-hybridized carbons (Fsp3) is 0.0833. The van der Waals surface area contributed by atoms with Crippen LogP contribution in [0.1, 0.15) is 5.56 Å². The smallest absolute Gasteiger partial charge is 0.146 e. The summed E-state index contributed by atoms with van der Waals surface area (Å²) in [6.07, 6.45) is 1.67. The van der Waals surface area contributed by atoms with Crippen LogP contribution in [0.25, 0.3) is 0 Å². The van der Waals surface area contributed by atoms with E-state index >= 15 is 0 Å². The number of hydrogen-bond acceptors (Lipinski definition) is 4. The number of hydrogen-bond donors (Lipinski definition) is 2. The van der Waals surface area contributed by atoms with Crippen molar-refractivity contribution in [1.82, 2.24) is 4.98 Å². The number of nitrogens with one attached hydrogen (secondary N) is 1. The van der Waals surface area contributed by atoms with E-state index in [1.165, 1.54) is 0 Å². The maximum absolute atomic E-state index is 5.72. The first kappa shape index (κ1) is 13.3. The number of rotatable bonds is 4. The van der Waals surface area contributed by atoms with Crippen LogP contribution in [0.15, 0.2) is 45.5 Å². The zero-order chi connectivity index (χ0) is 13.0. The van der Waals surface area contributed by atoms with Crippen molar-refractivity contribution in [1.29, 1.82) is 0 Å². The highest BCUT2D eigenvalue weighted by molar-refractivity contribution is 9.11. The Balaban J connectivity index is 2.11. The Hall–Kier alpha value is -1.11. The summed E-state index contributed by atoms with van der Waals surface area (Å²) in [7, 11) is 0. The summed E-state index contributed by atoms with van der Waals surface area (Å²) in [5, 5.41) is 0. The van der Waals surface area contributed by atoms with E-state index in [9.17, 15) is 0 Å². The lowest BCUT2D eigenvalue weighted by Gasteiger charge is -2.10. The van der Waals surface area contributed by atoms with Gasteiger partial charge < -0.3 is 10.2 Å². The van der Waals surface area contributed by atoms with Gasteiger partial charge in [0, 0.05) is 16.2 Å². The second-order valence-electron chi connectivity index (χ2n) is 3.52. The fourth-order valence-corrected chi connectivity index (χ4v) is 2.59. The number of pyridine rings is 1. The molecule has 1 heterocycles. The van der Waals surface area contributed by atoms with Crippen LogP contribution in [-0.4, -0.2) is 4.98 Å². The quantitative estimate of drug-likeness (QED) is 0.637. The molecule has 0 saturated carbocycles. The fourth-order valence-electron chi connectivity index (χ4n) is 1.43. The molecule has 18 heavy (non-hydrogen) atoms. The Bertz CT molecular complexity index is 549. The molecule has 0 atom stereocenters. The second-order valence-corrected chi connectivity index (χ2v) is 5.29. The number of halogens is 2. The molecule has 0 aliphatic heterocycles. The van der Waals surface area contributed by atoms with E-state index < -0.39 is 0 Å². The molecular formula is C12H11Br2N3O. The second kappa shape index (κ2) is 6.17. The molecule has 0 aliphatic carbocycles. The van der Waals surface area contributed by atoms with Crippen molar-refractivity contribution in [3.05, 3.63) is 51.0 Å². The summed E-state index contributed by atoms with van der Waals surface area (Å²) in [5.41, 5.74) is 3.44. The molecule has 0 bridgehead atoms. The summed E-state index contributed by atoms with van der Waals surface area (Å²) in [4.78, 5) is 4.11. The molecule has 1 aromatic heterocycles. The van der Waals surface area contributed by atoms with E-state index in [-0.39, 0.29) is 0 Å². The van der Waals surface area contributed by atoms with Crippen LogP contribution in [0, 0.1) is 0 Å². The van der Waals surface area contributed by atoms with E-state index in [0.717, 1.165) is 20.3 Å². The summed E-state index contributed by atoms with van der Waals surface area (Å²) in [6.45, 7) is 0.396. The summed E-state index contributed by atoms with van der Waals surface area (Å²) in [5.74, 6) is 6.77. The van der Waals surface area contributed by atoms with Gasteiger partial charge in [-0.1, -0.05) is 22.0 Å². The van der Waals surface area contributed by atoms with Crippen LogP contribution in [-0.2, 0) is 6.61 Å². The van der Waals surface area contributed by atoms with Gasteiger partial charge in [-0.25, -0.2) is 10.8 Å². The highest BCUT2D eigenvalue weighted by atomic mass is 79.9. The van der Waals surface area contributed by atoms with Gasteiger partial charge in [0.25, 0.3) is 0 Å². The van der Waals surface area contributed by atoms with Crippen molar-refractivity contribution in [3.63, 3.8) is 0 Å². The van der Waals surface area contributed by atoms with Crippen LogP contribution in [0.3, 0.4) is 0 Å². The highest BCUT2D eigenvalue weighted by Gasteiger charge is 2.05. The van der Waals surface area contributed by atoms with Crippen molar-refractivity contribution in [2.24, 2.45) is 5.84 Å². The van der Waals surface area contributed by atoms with Crippen LogP contribution >= 0.6 is 31.9 Å². The van der Waals surface area contributed by atoms with Gasteiger partial charge in [0.2, 0.25) is 0 Å². The van der Waals surface area contributed by atoms with Crippen molar-refractivity contribution >= 4 is 37.7 Å². The van der Waals surface area contributed by atoms with Crippen LogP contribution in [0.2, 0.25) is 0 Å². The van der Waals surface area contributed by atoms with E-state index in [0.29, 0.717) is 12.4 Å². The SMILES string of the molecule is NNc1ncccc1COc1ccc(Br)cc1Br. The number of anilines is 1. The van der Waals surface area contributed by atoms with E-state index in [4.69, 9.17) is 10.6 Å². The van der Waals surface area contributed by atoms with Gasteiger partial charge in [0.15, 0.2) is 0 Å². The first-order valence-corrected chi connectivity index (χ1v) is 6.77. The first-order valence-electron chi connectivity index (χ1n) is 5.19. The number of aromatic nitrogens is 1. The molecule has 2 rings (SSSR count). The highest BCUT2D eigenvalue weighted by Crippen LogP contribution is 2.29. The lowest BCUT2D eigenvalue weighted by Crippen LogP contribution is -2.12. The van der Waals surface area contributed by atoms with Gasteiger partial charge in [-0.2, -0.15) is 0 Å². The third-order valence-corrected chi connectivity index (χ3v) is 3.42. The van der Waals surface area contributed by atoms with Crippen LogP contribution in [0.5, 0.6) is 5.75 Å². The topological polar surface area (TPSA) is 60.2 Å². The summed E-state index contributed by atoms with van der Waals surface area (Å²) < 4.78 is 7.60. The average molecular weight is 373 g/mol.